The van der Waals surface area contributed by atoms with Crippen LogP contribution in [0.2, 0.25) is 0 Å². The van der Waals surface area contributed by atoms with Gasteiger partial charge in [-0.15, -0.1) is 0 Å². The third kappa shape index (κ3) is 2.45. The van der Waals surface area contributed by atoms with E-state index in [-0.39, 0.29) is 11.9 Å². The monoisotopic (exact) mass is 316 g/mol. The molecule has 0 radical (unpaired) electrons. The van der Waals surface area contributed by atoms with E-state index in [2.05, 4.69) is 14.9 Å². The Kier molecular flexibility index (Phi) is 3.70. The predicted octanol–water partition coefficient (Wildman–Crippen LogP) is 2.11. The number of H-pyrrole nitrogens is 1. The summed E-state index contributed by atoms with van der Waals surface area (Å²) in [6, 6.07) is 7.97. The predicted molar refractivity (Wildman–Crippen MR) is 90.4 cm³/mol. The molecule has 4 rings (SSSR count). The van der Waals surface area contributed by atoms with E-state index in [9.17, 15) is 4.79 Å². The summed E-state index contributed by atoms with van der Waals surface area (Å²) in [6.45, 7) is 2.67. The van der Waals surface area contributed by atoms with E-state index in [1.54, 1.807) is 0 Å². The molecule has 2 aromatic rings. The van der Waals surface area contributed by atoms with Crippen molar-refractivity contribution in [1.82, 2.24) is 14.9 Å². The first-order chi connectivity index (χ1) is 10.8. The minimum Gasteiger partial charge on any atom is -0.339 e. The van der Waals surface area contributed by atoms with Crippen LogP contribution in [0.1, 0.15) is 12.8 Å². The Labute approximate surface area is 134 Å². The Hall–Kier alpha value is -1.69. The van der Waals surface area contributed by atoms with Crippen molar-refractivity contribution in [2.45, 2.75) is 18.9 Å². The Morgan fingerprint density at radius 2 is 2.05 bits per heavy atom. The van der Waals surface area contributed by atoms with Crippen LogP contribution >= 0.6 is 11.8 Å². The molecule has 1 unspecified atom stereocenters. The SMILES string of the molecule is O=C(C1CCCN1c1nc2ccccc2[nH]1)N1CCSCC1. The van der Waals surface area contributed by atoms with Gasteiger partial charge in [-0.25, -0.2) is 4.98 Å². The maximum absolute atomic E-state index is 12.8. The summed E-state index contributed by atoms with van der Waals surface area (Å²) in [5.41, 5.74) is 2.00. The van der Waals surface area contributed by atoms with Crippen molar-refractivity contribution >= 4 is 34.7 Å². The molecular weight excluding hydrogens is 296 g/mol. The number of fused-ring (bicyclic) bond motifs is 1. The molecule has 3 heterocycles. The average Bonchev–Trinajstić information content (AvgIpc) is 3.21. The van der Waals surface area contributed by atoms with Crippen molar-refractivity contribution in [3.63, 3.8) is 0 Å². The van der Waals surface area contributed by atoms with Gasteiger partial charge in [-0.05, 0) is 25.0 Å². The van der Waals surface area contributed by atoms with Gasteiger partial charge in [0.05, 0.1) is 11.0 Å². The van der Waals surface area contributed by atoms with Gasteiger partial charge >= 0.3 is 0 Å². The number of anilines is 1. The summed E-state index contributed by atoms with van der Waals surface area (Å²) in [5, 5.41) is 0. The molecule has 0 bridgehead atoms. The standard InChI is InChI=1S/C16H20N4OS/c21-15(19-8-10-22-11-9-19)14-6-3-7-20(14)16-17-12-4-1-2-5-13(12)18-16/h1-2,4-5,14H,3,6-11H2,(H,17,18). The molecule has 2 fully saturated rings. The van der Waals surface area contributed by atoms with Gasteiger partial charge in [0.1, 0.15) is 6.04 Å². The lowest BCUT2D eigenvalue weighted by molar-refractivity contribution is -0.132. The van der Waals surface area contributed by atoms with Crippen molar-refractivity contribution in [2.24, 2.45) is 0 Å². The molecule has 1 aromatic carbocycles. The van der Waals surface area contributed by atoms with Crippen LogP contribution in [0.5, 0.6) is 0 Å². The number of amides is 1. The van der Waals surface area contributed by atoms with Crippen LogP contribution in [-0.4, -0.2) is 58.0 Å². The lowest BCUT2D eigenvalue weighted by Gasteiger charge is -2.32. The first-order valence-electron chi connectivity index (χ1n) is 7.91. The zero-order valence-electron chi connectivity index (χ0n) is 12.5. The second kappa shape index (κ2) is 5.83. The van der Waals surface area contributed by atoms with Gasteiger partial charge in [-0.1, -0.05) is 12.1 Å². The Bertz CT molecular complexity index is 647. The fourth-order valence-electron chi connectivity index (χ4n) is 3.35. The number of aromatic amines is 1. The van der Waals surface area contributed by atoms with Crippen molar-refractivity contribution in [1.29, 1.82) is 0 Å². The summed E-state index contributed by atoms with van der Waals surface area (Å²) >= 11 is 1.93. The molecule has 0 saturated carbocycles. The van der Waals surface area contributed by atoms with E-state index in [1.807, 2.05) is 40.9 Å². The molecule has 0 spiro atoms. The lowest BCUT2D eigenvalue weighted by Crippen LogP contribution is -2.48. The fourth-order valence-corrected chi connectivity index (χ4v) is 4.25. The molecule has 0 aliphatic carbocycles. The van der Waals surface area contributed by atoms with Gasteiger partial charge in [0.15, 0.2) is 0 Å². The van der Waals surface area contributed by atoms with Crippen LogP contribution in [0.25, 0.3) is 11.0 Å². The summed E-state index contributed by atoms with van der Waals surface area (Å²) in [6.07, 6.45) is 1.98. The summed E-state index contributed by atoms with van der Waals surface area (Å²) in [5.74, 6) is 3.23. The highest BCUT2D eigenvalue weighted by atomic mass is 32.2. The van der Waals surface area contributed by atoms with Crippen molar-refractivity contribution < 1.29 is 4.79 Å². The normalized spacial score (nSPS) is 22.5. The topological polar surface area (TPSA) is 52.2 Å². The van der Waals surface area contributed by atoms with Gasteiger partial charge in [0, 0.05) is 31.1 Å². The summed E-state index contributed by atoms with van der Waals surface area (Å²) in [7, 11) is 0. The zero-order valence-corrected chi connectivity index (χ0v) is 13.3. The van der Waals surface area contributed by atoms with Gasteiger partial charge < -0.3 is 14.8 Å². The molecule has 2 saturated heterocycles. The smallest absolute Gasteiger partial charge is 0.245 e. The first kappa shape index (κ1) is 13.9. The number of carbonyl (C=O) groups is 1. The minimum absolute atomic E-state index is 0.0522. The molecule has 2 aliphatic heterocycles. The molecule has 1 atom stereocenters. The second-order valence-electron chi connectivity index (χ2n) is 5.87. The number of para-hydroxylation sites is 2. The van der Waals surface area contributed by atoms with Gasteiger partial charge in [0.25, 0.3) is 0 Å². The van der Waals surface area contributed by atoms with E-state index < -0.39 is 0 Å². The third-order valence-corrected chi connectivity index (χ3v) is 5.45. The van der Waals surface area contributed by atoms with E-state index in [0.29, 0.717) is 0 Å². The highest BCUT2D eigenvalue weighted by Crippen LogP contribution is 2.27. The fraction of sp³-hybridized carbons (Fsp3) is 0.500. The number of hydrogen-bond donors (Lipinski definition) is 1. The maximum Gasteiger partial charge on any atom is 0.245 e. The largest absolute Gasteiger partial charge is 0.339 e. The lowest BCUT2D eigenvalue weighted by atomic mass is 10.2. The number of rotatable bonds is 2. The molecule has 1 N–H and O–H groups in total. The van der Waals surface area contributed by atoms with Gasteiger partial charge in [0.2, 0.25) is 11.9 Å². The maximum atomic E-state index is 12.8. The van der Waals surface area contributed by atoms with Crippen LogP contribution in [0.3, 0.4) is 0 Å². The van der Waals surface area contributed by atoms with Crippen LogP contribution in [0.15, 0.2) is 24.3 Å². The van der Waals surface area contributed by atoms with E-state index in [1.165, 1.54) is 0 Å². The highest BCUT2D eigenvalue weighted by Gasteiger charge is 2.35. The summed E-state index contributed by atoms with van der Waals surface area (Å²) < 4.78 is 0. The summed E-state index contributed by atoms with van der Waals surface area (Å²) in [4.78, 5) is 25.1. The second-order valence-corrected chi connectivity index (χ2v) is 7.09. The average molecular weight is 316 g/mol. The number of aromatic nitrogens is 2. The zero-order chi connectivity index (χ0) is 14.9. The number of thioether (sulfide) groups is 1. The molecule has 5 nitrogen and oxygen atoms in total. The molecular formula is C16H20N4OS. The number of nitrogens with one attached hydrogen (secondary N) is 1. The molecule has 2 aliphatic rings. The van der Waals surface area contributed by atoms with E-state index in [0.717, 1.165) is 61.0 Å². The number of nitrogens with zero attached hydrogens (tertiary/aromatic N) is 3. The Morgan fingerprint density at radius 1 is 1.23 bits per heavy atom. The molecule has 116 valence electrons. The quantitative estimate of drug-likeness (QED) is 0.922. The number of carbonyl (C=O) groups excluding carboxylic acids is 1. The van der Waals surface area contributed by atoms with Crippen LogP contribution < -0.4 is 4.90 Å². The number of benzene rings is 1. The van der Waals surface area contributed by atoms with Crippen molar-refractivity contribution in [3.8, 4) is 0 Å². The van der Waals surface area contributed by atoms with Crippen LogP contribution in [0.4, 0.5) is 5.95 Å². The molecule has 1 aromatic heterocycles. The van der Waals surface area contributed by atoms with Crippen LogP contribution in [0, 0.1) is 0 Å². The number of hydrogen-bond acceptors (Lipinski definition) is 4. The molecule has 1 amide bonds. The molecule has 22 heavy (non-hydrogen) atoms. The van der Waals surface area contributed by atoms with E-state index in [4.69, 9.17) is 0 Å². The minimum atomic E-state index is -0.0522. The first-order valence-corrected chi connectivity index (χ1v) is 9.06. The Balaban J connectivity index is 1.58. The van der Waals surface area contributed by atoms with E-state index >= 15 is 0 Å². The number of imidazole rings is 1. The van der Waals surface area contributed by atoms with Crippen molar-refractivity contribution in [2.75, 3.05) is 36.0 Å². The Morgan fingerprint density at radius 3 is 2.86 bits per heavy atom. The van der Waals surface area contributed by atoms with Gasteiger partial charge in [-0.3, -0.25) is 4.79 Å². The molecule has 6 heteroatoms. The van der Waals surface area contributed by atoms with Gasteiger partial charge in [-0.2, -0.15) is 11.8 Å². The highest BCUT2D eigenvalue weighted by molar-refractivity contribution is 7.99. The van der Waals surface area contributed by atoms with Crippen LogP contribution in [-0.2, 0) is 4.79 Å². The third-order valence-electron chi connectivity index (χ3n) is 4.51. The van der Waals surface area contributed by atoms with Crippen molar-refractivity contribution in [3.05, 3.63) is 24.3 Å².